The van der Waals surface area contributed by atoms with Gasteiger partial charge in [-0.2, -0.15) is 0 Å². The number of β-lactam (4-membered cyclic amide) rings is 1. The molecule has 0 radical (unpaired) electrons. The number of amides is 2. The molecule has 0 saturated carbocycles. The molecule has 14 heteroatoms. The highest BCUT2D eigenvalue weighted by atomic mass is 32.2. The molecule has 0 aromatic carbocycles. The largest absolute Gasteiger partial charge is 0.477 e. The van der Waals surface area contributed by atoms with Crippen molar-refractivity contribution in [3.63, 3.8) is 0 Å². The summed E-state index contributed by atoms with van der Waals surface area (Å²) >= 11 is 4.05. The number of nitrogens with two attached hydrogens (primary N) is 1. The second kappa shape index (κ2) is 8.37. The average molecular weight is 468 g/mol. The van der Waals surface area contributed by atoms with Crippen molar-refractivity contribution in [1.29, 1.82) is 0 Å². The van der Waals surface area contributed by atoms with E-state index in [2.05, 4.69) is 20.8 Å². The zero-order chi connectivity index (χ0) is 21.4. The number of tetrazole rings is 1. The molecule has 2 aliphatic heterocycles. The fraction of sp³-hybridized carbons (Fsp3) is 0.375. The second-order valence-corrected chi connectivity index (χ2v) is 9.55. The second-order valence-electron chi connectivity index (χ2n) is 6.52. The van der Waals surface area contributed by atoms with E-state index in [0.717, 1.165) is 0 Å². The molecule has 0 bridgehead atoms. The number of nitrogens with zero attached hydrogens (tertiary/aromatic N) is 5. The Morgan fingerprint density at radius 2 is 2.30 bits per heavy atom. The van der Waals surface area contributed by atoms with Crippen LogP contribution in [-0.2, 0) is 21.4 Å². The van der Waals surface area contributed by atoms with E-state index in [0.29, 0.717) is 27.1 Å². The molecule has 4 rings (SSSR count). The number of fused-ring (bicyclic) bond motifs is 1. The van der Waals surface area contributed by atoms with Gasteiger partial charge >= 0.3 is 5.97 Å². The molecule has 2 unspecified atom stereocenters. The van der Waals surface area contributed by atoms with Gasteiger partial charge in [-0.3, -0.25) is 14.5 Å². The molecule has 1 saturated heterocycles. The Morgan fingerprint density at radius 1 is 1.50 bits per heavy atom. The summed E-state index contributed by atoms with van der Waals surface area (Å²) in [4.78, 5) is 39.0. The average Bonchev–Trinajstić information content (AvgIpc) is 3.40. The van der Waals surface area contributed by atoms with Gasteiger partial charge in [0.15, 0.2) is 0 Å². The third kappa shape index (κ3) is 3.71. The minimum absolute atomic E-state index is 0.0422. The molecule has 11 nitrogen and oxygen atoms in total. The first kappa shape index (κ1) is 20.8. The number of nitrogens with one attached hydrogen (secondary N) is 1. The lowest BCUT2D eigenvalue weighted by Crippen LogP contribution is -2.71. The van der Waals surface area contributed by atoms with Gasteiger partial charge in [-0.15, -0.1) is 28.2 Å². The highest BCUT2D eigenvalue weighted by molar-refractivity contribution is 8.01. The van der Waals surface area contributed by atoms with E-state index in [1.54, 1.807) is 19.2 Å². The standard InChI is InChI=1S/C16H17N7O4S3/c1-22-16(19-20-21-22)30-6-7-5-29-14-10(13(25)23(14)11(7)15(26)27)18-12(24)9(17)8-3-2-4-28-8/h2-4,9-10,14H,5-6,17H2,1H3,(H,18,24)(H,26,27)/t9?,10?,14-/m0/s1. The van der Waals surface area contributed by atoms with E-state index < -0.39 is 35.2 Å². The Morgan fingerprint density at radius 3 is 2.93 bits per heavy atom. The van der Waals surface area contributed by atoms with Crippen molar-refractivity contribution < 1.29 is 19.5 Å². The van der Waals surface area contributed by atoms with Crippen LogP contribution in [0.1, 0.15) is 10.9 Å². The number of carboxylic acid groups (broad SMARTS) is 1. The van der Waals surface area contributed by atoms with Crippen molar-refractivity contribution in [2.45, 2.75) is 22.6 Å². The number of thiophene rings is 1. The monoisotopic (exact) mass is 467 g/mol. The Hall–Kier alpha value is -2.42. The van der Waals surface area contributed by atoms with E-state index in [4.69, 9.17) is 5.73 Å². The lowest BCUT2D eigenvalue weighted by atomic mass is 10.0. The van der Waals surface area contributed by atoms with Crippen LogP contribution in [0, 0.1) is 0 Å². The molecule has 2 amide bonds. The third-order valence-electron chi connectivity index (χ3n) is 4.64. The van der Waals surface area contributed by atoms with Gasteiger partial charge in [0.1, 0.15) is 23.2 Å². The first-order chi connectivity index (χ1) is 14.4. The molecule has 0 spiro atoms. The van der Waals surface area contributed by atoms with Gasteiger partial charge in [0.2, 0.25) is 11.1 Å². The van der Waals surface area contributed by atoms with Crippen molar-refractivity contribution in [2.75, 3.05) is 11.5 Å². The van der Waals surface area contributed by atoms with Gasteiger partial charge in [-0.25, -0.2) is 9.48 Å². The van der Waals surface area contributed by atoms with Gasteiger partial charge in [-0.05, 0) is 27.4 Å². The number of carboxylic acids is 1. The molecule has 3 atom stereocenters. The zero-order valence-corrected chi connectivity index (χ0v) is 18.0. The molecule has 30 heavy (non-hydrogen) atoms. The predicted molar refractivity (Wildman–Crippen MR) is 110 cm³/mol. The summed E-state index contributed by atoms with van der Waals surface area (Å²) in [7, 11) is 1.69. The molecule has 2 aromatic heterocycles. The fourth-order valence-corrected chi connectivity index (χ4v) is 6.19. The van der Waals surface area contributed by atoms with Crippen molar-refractivity contribution in [3.05, 3.63) is 33.7 Å². The first-order valence-corrected chi connectivity index (χ1v) is 11.6. The molecule has 4 N–H and O–H groups in total. The molecular formula is C16H17N7O4S3. The molecule has 0 aliphatic carbocycles. The summed E-state index contributed by atoms with van der Waals surface area (Å²) < 4.78 is 1.49. The van der Waals surface area contributed by atoms with Gasteiger partial charge in [-0.1, -0.05) is 17.8 Å². The van der Waals surface area contributed by atoms with E-state index in [-0.39, 0.29) is 5.70 Å². The van der Waals surface area contributed by atoms with Gasteiger partial charge in [0.25, 0.3) is 5.91 Å². The van der Waals surface area contributed by atoms with Crippen LogP contribution in [0.25, 0.3) is 0 Å². The van der Waals surface area contributed by atoms with Crippen LogP contribution in [0.2, 0.25) is 0 Å². The molecule has 2 aromatic rings. The van der Waals surface area contributed by atoms with Gasteiger partial charge < -0.3 is 16.2 Å². The lowest BCUT2D eigenvalue weighted by molar-refractivity contribution is -0.150. The number of rotatable bonds is 7. The number of hydrogen-bond acceptors (Lipinski definition) is 10. The fourth-order valence-electron chi connectivity index (χ4n) is 3.13. The minimum atomic E-state index is -1.18. The maximum atomic E-state index is 12.7. The third-order valence-corrected chi connectivity index (χ3v) is 8.03. The van der Waals surface area contributed by atoms with Crippen LogP contribution >= 0.6 is 34.9 Å². The van der Waals surface area contributed by atoms with Crippen molar-refractivity contribution in [3.8, 4) is 0 Å². The summed E-state index contributed by atoms with van der Waals surface area (Å²) in [5.74, 6) is -1.36. The number of thioether (sulfide) groups is 2. The summed E-state index contributed by atoms with van der Waals surface area (Å²) in [6, 6.07) is 1.86. The lowest BCUT2D eigenvalue weighted by Gasteiger charge is -2.49. The van der Waals surface area contributed by atoms with Crippen LogP contribution in [0.15, 0.2) is 33.9 Å². The van der Waals surface area contributed by atoms with Crippen LogP contribution in [0.4, 0.5) is 0 Å². The predicted octanol–water partition coefficient (Wildman–Crippen LogP) is -0.198. The van der Waals surface area contributed by atoms with Crippen LogP contribution < -0.4 is 11.1 Å². The van der Waals surface area contributed by atoms with E-state index in [1.807, 2.05) is 5.38 Å². The number of aryl methyl sites for hydroxylation is 1. The van der Waals surface area contributed by atoms with E-state index in [9.17, 15) is 19.5 Å². The maximum Gasteiger partial charge on any atom is 0.352 e. The number of aromatic nitrogens is 4. The van der Waals surface area contributed by atoms with E-state index >= 15 is 0 Å². The Kier molecular flexibility index (Phi) is 5.81. The van der Waals surface area contributed by atoms with Gasteiger partial charge in [0, 0.05) is 23.4 Å². The minimum Gasteiger partial charge on any atom is -0.477 e. The quantitative estimate of drug-likeness (QED) is 0.368. The molecule has 1 fully saturated rings. The first-order valence-electron chi connectivity index (χ1n) is 8.73. The number of aliphatic carboxylic acids is 1. The van der Waals surface area contributed by atoms with Crippen LogP contribution in [0.5, 0.6) is 0 Å². The number of carbonyl (C=O) groups is 3. The molecule has 158 valence electrons. The summed E-state index contributed by atoms with van der Waals surface area (Å²) in [5.41, 5.74) is 6.52. The summed E-state index contributed by atoms with van der Waals surface area (Å²) in [6.07, 6.45) is 0. The Labute approximate surface area is 183 Å². The van der Waals surface area contributed by atoms with Crippen molar-refractivity contribution in [2.24, 2.45) is 12.8 Å². The van der Waals surface area contributed by atoms with Crippen molar-refractivity contribution in [1.82, 2.24) is 30.4 Å². The topological polar surface area (TPSA) is 156 Å². The normalized spacial score (nSPS) is 21.8. The van der Waals surface area contributed by atoms with Crippen LogP contribution in [0.3, 0.4) is 0 Å². The zero-order valence-electron chi connectivity index (χ0n) is 15.6. The van der Waals surface area contributed by atoms with Crippen molar-refractivity contribution >= 4 is 52.6 Å². The summed E-state index contributed by atoms with van der Waals surface area (Å²) in [6.45, 7) is 0. The van der Waals surface area contributed by atoms with Crippen LogP contribution in [-0.4, -0.2) is 70.9 Å². The molecular weight excluding hydrogens is 450 g/mol. The van der Waals surface area contributed by atoms with Gasteiger partial charge in [0.05, 0.1) is 0 Å². The molecule has 4 heterocycles. The Bertz CT molecular complexity index is 1020. The molecule has 2 aliphatic rings. The SMILES string of the molecule is Cn1nnnc1SCC1=C(C(=O)O)N2C(=O)C(NC(=O)C(N)c3cccs3)[C@@H]2SC1. The smallest absolute Gasteiger partial charge is 0.352 e. The summed E-state index contributed by atoms with van der Waals surface area (Å²) in [5, 5.41) is 25.4. The highest BCUT2D eigenvalue weighted by Crippen LogP contribution is 2.41. The number of hydrogen-bond donors (Lipinski definition) is 3. The number of carbonyl (C=O) groups excluding carboxylic acids is 2. The highest BCUT2D eigenvalue weighted by Gasteiger charge is 2.54. The Balaban J connectivity index is 1.46. The maximum absolute atomic E-state index is 12.7. The van der Waals surface area contributed by atoms with E-state index in [1.165, 1.54) is 44.4 Å².